The Kier molecular flexibility index (Phi) is 5.53. The summed E-state index contributed by atoms with van der Waals surface area (Å²) in [5.74, 6) is 6.39. The first-order valence-corrected chi connectivity index (χ1v) is 6.36. The molecule has 0 aliphatic rings. The predicted octanol–water partition coefficient (Wildman–Crippen LogP) is 3.63. The molecule has 18 heavy (non-hydrogen) atoms. The number of ether oxygens (including phenoxy) is 1. The van der Waals surface area contributed by atoms with E-state index in [0.717, 1.165) is 17.9 Å². The first-order valence-electron chi connectivity index (χ1n) is 5.99. The highest BCUT2D eigenvalue weighted by Gasteiger charge is 2.12. The molecule has 0 saturated heterocycles. The number of para-hydroxylation sites is 1. The smallest absolute Gasteiger partial charge is 0.149 e. The molecule has 0 aliphatic carbocycles. The Morgan fingerprint density at radius 2 is 2.06 bits per heavy atom. The Morgan fingerprint density at radius 1 is 1.33 bits per heavy atom. The Labute approximate surface area is 115 Å². The van der Waals surface area contributed by atoms with Gasteiger partial charge >= 0.3 is 0 Å². The van der Waals surface area contributed by atoms with Crippen LogP contribution in [-0.2, 0) is 6.54 Å². The molecule has 0 aromatic heterocycles. The molecule has 0 saturated carbocycles. The number of hydrogen-bond acceptors (Lipinski definition) is 2. The van der Waals surface area contributed by atoms with E-state index in [2.05, 4.69) is 37.9 Å². The Morgan fingerprint density at radius 3 is 2.67 bits per heavy atom. The summed E-state index contributed by atoms with van der Waals surface area (Å²) >= 11 is 6.16. The van der Waals surface area contributed by atoms with Crippen LogP contribution in [0.2, 0.25) is 5.02 Å². The van der Waals surface area contributed by atoms with E-state index in [9.17, 15) is 0 Å². The van der Waals surface area contributed by atoms with Gasteiger partial charge in [-0.3, -0.25) is 0 Å². The molecule has 0 unspecified atom stereocenters. The lowest BCUT2D eigenvalue weighted by Gasteiger charge is -2.21. The van der Waals surface area contributed by atoms with Crippen LogP contribution < -0.4 is 10.1 Å². The van der Waals surface area contributed by atoms with Gasteiger partial charge in [-0.15, -0.1) is 5.92 Å². The van der Waals surface area contributed by atoms with Crippen LogP contribution in [0.4, 0.5) is 0 Å². The van der Waals surface area contributed by atoms with Crippen molar-refractivity contribution in [3.8, 4) is 17.6 Å². The van der Waals surface area contributed by atoms with Crippen molar-refractivity contribution >= 4 is 11.6 Å². The van der Waals surface area contributed by atoms with Crippen LogP contribution in [0.1, 0.15) is 33.3 Å². The third kappa shape index (κ3) is 5.00. The average molecular weight is 266 g/mol. The molecule has 0 aliphatic heterocycles. The van der Waals surface area contributed by atoms with Crippen molar-refractivity contribution < 1.29 is 4.74 Å². The van der Waals surface area contributed by atoms with Gasteiger partial charge in [0.2, 0.25) is 0 Å². The molecule has 0 heterocycles. The molecule has 0 spiro atoms. The number of halogens is 1. The van der Waals surface area contributed by atoms with Crippen LogP contribution in [0.3, 0.4) is 0 Å². The first kappa shape index (κ1) is 14.9. The second kappa shape index (κ2) is 6.68. The lowest BCUT2D eigenvalue weighted by Crippen LogP contribution is -2.35. The Balaban J connectivity index is 2.81. The van der Waals surface area contributed by atoms with E-state index in [1.54, 1.807) is 6.92 Å². The van der Waals surface area contributed by atoms with Gasteiger partial charge in [-0.2, -0.15) is 0 Å². The Hall–Kier alpha value is -1.17. The number of hydrogen-bond donors (Lipinski definition) is 1. The van der Waals surface area contributed by atoms with Gasteiger partial charge < -0.3 is 10.1 Å². The fourth-order valence-electron chi connectivity index (χ4n) is 1.40. The predicted molar refractivity (Wildman–Crippen MR) is 77.0 cm³/mol. The van der Waals surface area contributed by atoms with Crippen LogP contribution in [0.15, 0.2) is 18.2 Å². The summed E-state index contributed by atoms with van der Waals surface area (Å²) in [5.41, 5.74) is 1.11. The zero-order valence-electron chi connectivity index (χ0n) is 11.4. The van der Waals surface area contributed by atoms with Crippen molar-refractivity contribution in [2.24, 2.45) is 0 Å². The fourth-order valence-corrected chi connectivity index (χ4v) is 1.64. The second-order valence-electron chi connectivity index (χ2n) is 5.05. The van der Waals surface area contributed by atoms with Crippen LogP contribution in [0.25, 0.3) is 0 Å². The van der Waals surface area contributed by atoms with Crippen molar-refractivity contribution in [2.75, 3.05) is 6.61 Å². The largest absolute Gasteiger partial charge is 0.479 e. The van der Waals surface area contributed by atoms with Gasteiger partial charge in [0.1, 0.15) is 12.4 Å². The molecule has 0 amide bonds. The van der Waals surface area contributed by atoms with Crippen LogP contribution in [0.5, 0.6) is 5.75 Å². The Bertz CT molecular complexity index is 452. The van der Waals surface area contributed by atoms with Gasteiger partial charge in [0.25, 0.3) is 0 Å². The zero-order chi connectivity index (χ0) is 13.6. The molecule has 1 aromatic rings. The van der Waals surface area contributed by atoms with Crippen molar-refractivity contribution in [3.05, 3.63) is 28.8 Å². The van der Waals surface area contributed by atoms with Crippen LogP contribution in [-0.4, -0.2) is 12.1 Å². The fraction of sp³-hybridized carbons (Fsp3) is 0.467. The molecular formula is C15H20ClNO. The highest BCUT2D eigenvalue weighted by molar-refractivity contribution is 6.32. The molecule has 0 bridgehead atoms. The van der Waals surface area contributed by atoms with Crippen molar-refractivity contribution in [1.82, 2.24) is 5.32 Å². The molecule has 0 fully saturated rings. The topological polar surface area (TPSA) is 21.3 Å². The summed E-state index contributed by atoms with van der Waals surface area (Å²) in [4.78, 5) is 0. The molecule has 0 radical (unpaired) electrons. The summed E-state index contributed by atoms with van der Waals surface area (Å²) in [7, 11) is 0. The van der Waals surface area contributed by atoms with Gasteiger partial charge in [-0.25, -0.2) is 0 Å². The summed E-state index contributed by atoms with van der Waals surface area (Å²) in [6, 6.07) is 5.77. The SMILES string of the molecule is CC#CCOc1c(Cl)cccc1CNC(C)(C)C. The standard InChI is InChI=1S/C15H20ClNO/c1-5-6-10-18-14-12(8-7-9-13(14)16)11-17-15(2,3)4/h7-9,17H,10-11H2,1-4H3. The summed E-state index contributed by atoms with van der Waals surface area (Å²) in [5, 5.41) is 4.05. The number of rotatable bonds is 4. The third-order valence-electron chi connectivity index (χ3n) is 2.32. The molecule has 2 nitrogen and oxygen atoms in total. The van der Waals surface area contributed by atoms with Crippen LogP contribution in [0, 0.1) is 11.8 Å². The van der Waals surface area contributed by atoms with Crippen molar-refractivity contribution in [1.29, 1.82) is 0 Å². The minimum atomic E-state index is 0.0583. The van der Waals surface area contributed by atoms with Crippen molar-refractivity contribution in [3.63, 3.8) is 0 Å². The normalized spacial score (nSPS) is 10.7. The zero-order valence-corrected chi connectivity index (χ0v) is 12.2. The van der Waals surface area contributed by atoms with Crippen molar-refractivity contribution in [2.45, 2.75) is 39.8 Å². The lowest BCUT2D eigenvalue weighted by atomic mass is 10.1. The highest BCUT2D eigenvalue weighted by atomic mass is 35.5. The van der Waals surface area contributed by atoms with E-state index < -0.39 is 0 Å². The molecule has 98 valence electrons. The summed E-state index contributed by atoms with van der Waals surface area (Å²) < 4.78 is 5.63. The molecule has 1 aromatic carbocycles. The average Bonchev–Trinajstić information content (AvgIpc) is 2.28. The van der Waals surface area contributed by atoms with Crippen LogP contribution >= 0.6 is 11.6 Å². The molecule has 3 heteroatoms. The van der Waals surface area contributed by atoms with Gasteiger partial charge in [0.15, 0.2) is 0 Å². The molecule has 0 atom stereocenters. The number of benzene rings is 1. The second-order valence-corrected chi connectivity index (χ2v) is 5.45. The van der Waals surface area contributed by atoms with E-state index in [0.29, 0.717) is 11.6 Å². The quantitative estimate of drug-likeness (QED) is 0.840. The maximum absolute atomic E-state index is 6.16. The van der Waals surface area contributed by atoms with Gasteiger partial charge in [0.05, 0.1) is 5.02 Å². The minimum Gasteiger partial charge on any atom is -0.479 e. The lowest BCUT2D eigenvalue weighted by molar-refractivity contribution is 0.359. The van der Waals surface area contributed by atoms with E-state index in [1.807, 2.05) is 18.2 Å². The summed E-state index contributed by atoms with van der Waals surface area (Å²) in [6.07, 6.45) is 0. The third-order valence-corrected chi connectivity index (χ3v) is 2.62. The molecule has 1 rings (SSSR count). The highest BCUT2D eigenvalue weighted by Crippen LogP contribution is 2.28. The van der Waals surface area contributed by atoms with Gasteiger partial charge in [-0.1, -0.05) is 29.7 Å². The van der Waals surface area contributed by atoms with Gasteiger partial charge in [0, 0.05) is 17.6 Å². The first-order chi connectivity index (χ1) is 8.44. The van der Waals surface area contributed by atoms with E-state index >= 15 is 0 Å². The van der Waals surface area contributed by atoms with E-state index in [-0.39, 0.29) is 5.54 Å². The maximum atomic E-state index is 6.16. The molecule has 1 N–H and O–H groups in total. The number of nitrogens with one attached hydrogen (secondary N) is 1. The maximum Gasteiger partial charge on any atom is 0.149 e. The minimum absolute atomic E-state index is 0.0583. The molecular weight excluding hydrogens is 246 g/mol. The summed E-state index contributed by atoms with van der Waals surface area (Å²) in [6.45, 7) is 9.25. The van der Waals surface area contributed by atoms with Gasteiger partial charge in [-0.05, 0) is 33.8 Å². The monoisotopic (exact) mass is 265 g/mol. The van der Waals surface area contributed by atoms with E-state index in [1.165, 1.54) is 0 Å². The van der Waals surface area contributed by atoms with E-state index in [4.69, 9.17) is 16.3 Å².